The van der Waals surface area contributed by atoms with E-state index in [0.29, 0.717) is 5.92 Å². The molecule has 2 aromatic heterocycles. The highest BCUT2D eigenvalue weighted by Crippen LogP contribution is 2.33. The van der Waals surface area contributed by atoms with Gasteiger partial charge in [0, 0.05) is 15.7 Å². The van der Waals surface area contributed by atoms with E-state index in [1.807, 2.05) is 22.7 Å². The number of thiophene rings is 2. The fourth-order valence-electron chi connectivity index (χ4n) is 1.52. The normalized spacial score (nSPS) is 10.9. The highest BCUT2D eigenvalue weighted by molar-refractivity contribution is 7.11. The molecule has 0 N–H and O–H groups in total. The molecule has 2 heteroatoms. The van der Waals surface area contributed by atoms with Gasteiger partial charge in [-0.1, -0.05) is 19.1 Å². The molecular weight excluding hydrogens is 196 g/mol. The van der Waals surface area contributed by atoms with Crippen molar-refractivity contribution >= 4 is 22.7 Å². The summed E-state index contributed by atoms with van der Waals surface area (Å²) in [5.74, 6) is 0.625. The standard InChI is InChI=1S/C11H12S2/c1-2-9(10-5-3-7-12-10)11-6-4-8-13-11/h3-9H,2H2,1H3. The molecule has 2 aromatic rings. The lowest BCUT2D eigenvalue weighted by atomic mass is 10.0. The van der Waals surface area contributed by atoms with Gasteiger partial charge in [-0.25, -0.2) is 0 Å². The van der Waals surface area contributed by atoms with Gasteiger partial charge in [-0.15, -0.1) is 22.7 Å². The molecule has 13 heavy (non-hydrogen) atoms. The Morgan fingerprint density at radius 3 is 1.92 bits per heavy atom. The third-order valence-corrected chi connectivity index (χ3v) is 4.15. The molecule has 0 radical (unpaired) electrons. The number of hydrogen-bond acceptors (Lipinski definition) is 2. The van der Waals surface area contributed by atoms with Gasteiger partial charge < -0.3 is 0 Å². The first-order chi connectivity index (χ1) is 6.42. The third kappa shape index (κ3) is 1.84. The van der Waals surface area contributed by atoms with E-state index in [9.17, 15) is 0 Å². The molecule has 0 fully saturated rings. The topological polar surface area (TPSA) is 0 Å². The van der Waals surface area contributed by atoms with E-state index in [1.165, 1.54) is 16.2 Å². The van der Waals surface area contributed by atoms with E-state index in [1.54, 1.807) is 0 Å². The maximum absolute atomic E-state index is 2.25. The van der Waals surface area contributed by atoms with Crippen LogP contribution < -0.4 is 0 Å². The zero-order valence-electron chi connectivity index (χ0n) is 7.57. The third-order valence-electron chi connectivity index (χ3n) is 2.18. The average molecular weight is 208 g/mol. The van der Waals surface area contributed by atoms with Crippen molar-refractivity contribution < 1.29 is 0 Å². The summed E-state index contributed by atoms with van der Waals surface area (Å²) in [6.07, 6.45) is 1.20. The molecule has 2 heterocycles. The van der Waals surface area contributed by atoms with Crippen LogP contribution in [0.15, 0.2) is 35.0 Å². The van der Waals surface area contributed by atoms with E-state index >= 15 is 0 Å². The number of hydrogen-bond donors (Lipinski definition) is 0. The van der Waals surface area contributed by atoms with Crippen molar-refractivity contribution in [2.75, 3.05) is 0 Å². The van der Waals surface area contributed by atoms with E-state index in [-0.39, 0.29) is 0 Å². The van der Waals surface area contributed by atoms with Gasteiger partial charge in [0.15, 0.2) is 0 Å². The molecule has 0 aromatic carbocycles. The molecule has 0 bridgehead atoms. The summed E-state index contributed by atoms with van der Waals surface area (Å²) >= 11 is 3.72. The minimum absolute atomic E-state index is 0.625. The van der Waals surface area contributed by atoms with Crippen LogP contribution in [0, 0.1) is 0 Å². The summed E-state index contributed by atoms with van der Waals surface area (Å²) in [6, 6.07) is 8.74. The fraction of sp³-hybridized carbons (Fsp3) is 0.273. The summed E-state index contributed by atoms with van der Waals surface area (Å²) in [5.41, 5.74) is 0. The molecular formula is C11H12S2. The Labute approximate surface area is 86.9 Å². The fourth-order valence-corrected chi connectivity index (χ4v) is 3.45. The van der Waals surface area contributed by atoms with Crippen molar-refractivity contribution in [3.63, 3.8) is 0 Å². The SMILES string of the molecule is CCC(c1cccs1)c1cccs1. The van der Waals surface area contributed by atoms with Crippen LogP contribution in [0.25, 0.3) is 0 Å². The molecule has 0 nitrogen and oxygen atoms in total. The van der Waals surface area contributed by atoms with Gasteiger partial charge in [-0.3, -0.25) is 0 Å². The quantitative estimate of drug-likeness (QED) is 0.703. The maximum atomic E-state index is 2.25. The Balaban J connectivity index is 2.29. The van der Waals surface area contributed by atoms with Crippen molar-refractivity contribution in [3.05, 3.63) is 44.8 Å². The van der Waals surface area contributed by atoms with E-state index in [4.69, 9.17) is 0 Å². The zero-order chi connectivity index (χ0) is 9.10. The molecule has 0 unspecified atom stereocenters. The van der Waals surface area contributed by atoms with Gasteiger partial charge in [0.2, 0.25) is 0 Å². The Kier molecular flexibility index (Phi) is 2.81. The Morgan fingerprint density at radius 2 is 1.62 bits per heavy atom. The first kappa shape index (κ1) is 8.97. The summed E-state index contributed by atoms with van der Waals surface area (Å²) in [4.78, 5) is 2.98. The molecule has 0 saturated carbocycles. The van der Waals surface area contributed by atoms with Crippen molar-refractivity contribution in [1.29, 1.82) is 0 Å². The van der Waals surface area contributed by atoms with Crippen LogP contribution in [-0.2, 0) is 0 Å². The lowest BCUT2D eigenvalue weighted by Gasteiger charge is -2.09. The Bertz CT molecular complexity index is 298. The predicted octanol–water partition coefficient (Wildman–Crippen LogP) is 4.35. The molecule has 0 aliphatic carbocycles. The largest absolute Gasteiger partial charge is 0.148 e. The molecule has 2 rings (SSSR count). The molecule has 0 atom stereocenters. The van der Waals surface area contributed by atoms with Crippen molar-refractivity contribution in [1.82, 2.24) is 0 Å². The molecule has 0 amide bonds. The van der Waals surface area contributed by atoms with Crippen LogP contribution in [-0.4, -0.2) is 0 Å². The van der Waals surface area contributed by atoms with Crippen LogP contribution in [0.4, 0.5) is 0 Å². The molecule has 68 valence electrons. The Morgan fingerprint density at radius 1 is 1.08 bits per heavy atom. The van der Waals surface area contributed by atoms with Gasteiger partial charge >= 0.3 is 0 Å². The van der Waals surface area contributed by atoms with E-state index in [2.05, 4.69) is 41.9 Å². The van der Waals surface area contributed by atoms with Crippen LogP contribution in [0.3, 0.4) is 0 Å². The van der Waals surface area contributed by atoms with Gasteiger partial charge in [0.1, 0.15) is 0 Å². The van der Waals surface area contributed by atoms with Gasteiger partial charge in [0.05, 0.1) is 0 Å². The summed E-state index contributed by atoms with van der Waals surface area (Å²) in [7, 11) is 0. The minimum Gasteiger partial charge on any atom is -0.148 e. The maximum Gasteiger partial charge on any atom is 0.0275 e. The van der Waals surface area contributed by atoms with Crippen LogP contribution >= 0.6 is 22.7 Å². The van der Waals surface area contributed by atoms with Crippen LogP contribution in [0.5, 0.6) is 0 Å². The molecule has 0 spiro atoms. The Hall–Kier alpha value is -0.600. The second kappa shape index (κ2) is 4.07. The number of rotatable bonds is 3. The molecule has 0 aliphatic rings. The highest BCUT2D eigenvalue weighted by Gasteiger charge is 2.13. The predicted molar refractivity (Wildman–Crippen MR) is 60.8 cm³/mol. The van der Waals surface area contributed by atoms with Crippen LogP contribution in [0.2, 0.25) is 0 Å². The molecule has 0 saturated heterocycles. The van der Waals surface area contributed by atoms with Gasteiger partial charge in [0.25, 0.3) is 0 Å². The second-order valence-electron chi connectivity index (χ2n) is 2.99. The first-order valence-corrected chi connectivity index (χ1v) is 6.24. The lowest BCUT2D eigenvalue weighted by Crippen LogP contribution is -1.92. The monoisotopic (exact) mass is 208 g/mol. The summed E-state index contributed by atoms with van der Waals surface area (Å²) < 4.78 is 0. The zero-order valence-corrected chi connectivity index (χ0v) is 9.20. The van der Waals surface area contributed by atoms with Crippen molar-refractivity contribution in [2.24, 2.45) is 0 Å². The van der Waals surface area contributed by atoms with Crippen molar-refractivity contribution in [3.8, 4) is 0 Å². The summed E-state index contributed by atoms with van der Waals surface area (Å²) in [6.45, 7) is 2.25. The van der Waals surface area contributed by atoms with Gasteiger partial charge in [-0.05, 0) is 29.3 Å². The first-order valence-electron chi connectivity index (χ1n) is 4.48. The molecule has 0 aliphatic heterocycles. The van der Waals surface area contributed by atoms with E-state index < -0.39 is 0 Å². The second-order valence-corrected chi connectivity index (χ2v) is 4.95. The average Bonchev–Trinajstić information content (AvgIpc) is 2.76. The smallest absolute Gasteiger partial charge is 0.0275 e. The lowest BCUT2D eigenvalue weighted by molar-refractivity contribution is 0.808. The minimum atomic E-state index is 0.625. The highest BCUT2D eigenvalue weighted by atomic mass is 32.1. The van der Waals surface area contributed by atoms with Crippen molar-refractivity contribution in [2.45, 2.75) is 19.3 Å². The van der Waals surface area contributed by atoms with E-state index in [0.717, 1.165) is 0 Å². The van der Waals surface area contributed by atoms with Gasteiger partial charge in [-0.2, -0.15) is 0 Å². The summed E-state index contributed by atoms with van der Waals surface area (Å²) in [5, 5.41) is 4.32. The van der Waals surface area contributed by atoms with Crippen LogP contribution in [0.1, 0.15) is 29.0 Å².